The van der Waals surface area contributed by atoms with Crippen molar-refractivity contribution >= 4 is 34.2 Å². The van der Waals surface area contributed by atoms with Gasteiger partial charge in [-0.2, -0.15) is 0 Å². The van der Waals surface area contributed by atoms with E-state index in [1.54, 1.807) is 6.92 Å². The highest BCUT2D eigenvalue weighted by Gasteiger charge is 2.17. The molecule has 2 aromatic carbocycles. The van der Waals surface area contributed by atoms with Gasteiger partial charge in [-0.1, -0.05) is 30.7 Å². The molecule has 0 bridgehead atoms. The molecule has 2 rings (SSSR count). The average Bonchev–Trinajstić information content (AvgIpc) is 2.42. The Bertz CT molecular complexity index is 598. The molecule has 0 aliphatic heterocycles. The predicted octanol–water partition coefficient (Wildman–Crippen LogP) is 5.09. The van der Waals surface area contributed by atoms with Gasteiger partial charge in [0, 0.05) is 8.59 Å². The molecule has 0 aliphatic carbocycles. The van der Waals surface area contributed by atoms with Crippen LogP contribution < -0.4 is 5.32 Å². The van der Waals surface area contributed by atoms with Crippen molar-refractivity contribution in [2.45, 2.75) is 19.9 Å². The molecule has 0 heterocycles. The zero-order valence-corrected chi connectivity index (χ0v) is 14.3. The molecule has 1 nitrogen and oxygen atoms in total. The number of aryl methyl sites for hydroxylation is 1. The first-order valence-electron chi connectivity index (χ1n) is 6.47. The molecule has 0 radical (unpaired) electrons. The fourth-order valence-electron chi connectivity index (χ4n) is 2.17. The average molecular weight is 404 g/mol. The Morgan fingerprint density at radius 1 is 1.25 bits per heavy atom. The van der Waals surface area contributed by atoms with Crippen molar-refractivity contribution in [1.82, 2.24) is 5.32 Å². The molecule has 4 heteroatoms. The normalized spacial score (nSPS) is 12.4. The fourth-order valence-corrected chi connectivity index (χ4v) is 2.79. The van der Waals surface area contributed by atoms with E-state index in [2.05, 4.69) is 52.2 Å². The largest absolute Gasteiger partial charge is 0.306 e. The maximum Gasteiger partial charge on any atom is 0.127 e. The van der Waals surface area contributed by atoms with Gasteiger partial charge in [0.05, 0.1) is 6.04 Å². The first-order valence-corrected chi connectivity index (χ1v) is 7.93. The first kappa shape index (κ1) is 15.7. The molecule has 0 saturated carbocycles. The summed E-state index contributed by atoms with van der Waals surface area (Å²) in [5.41, 5.74) is 2.65. The van der Waals surface area contributed by atoms with Crippen molar-refractivity contribution in [2.75, 3.05) is 6.54 Å². The maximum atomic E-state index is 13.6. The van der Waals surface area contributed by atoms with E-state index in [0.29, 0.717) is 10.6 Å². The van der Waals surface area contributed by atoms with E-state index in [9.17, 15) is 4.39 Å². The maximum absolute atomic E-state index is 13.6. The Kier molecular flexibility index (Phi) is 5.41. The summed E-state index contributed by atoms with van der Waals surface area (Å²) >= 11 is 8.51. The summed E-state index contributed by atoms with van der Waals surface area (Å²) < 4.78 is 14.7. The van der Waals surface area contributed by atoms with Crippen molar-refractivity contribution in [3.63, 3.8) is 0 Å². The van der Waals surface area contributed by atoms with E-state index in [0.717, 1.165) is 17.7 Å². The van der Waals surface area contributed by atoms with Gasteiger partial charge in [-0.15, -0.1) is 0 Å². The Labute approximate surface area is 137 Å². The van der Waals surface area contributed by atoms with Gasteiger partial charge in [-0.25, -0.2) is 4.39 Å². The van der Waals surface area contributed by atoms with Crippen LogP contribution in [0.25, 0.3) is 0 Å². The van der Waals surface area contributed by atoms with Gasteiger partial charge in [-0.3, -0.25) is 0 Å². The summed E-state index contributed by atoms with van der Waals surface area (Å²) in [6, 6.07) is 11.5. The molecule has 0 amide bonds. The van der Waals surface area contributed by atoms with Crippen LogP contribution in [0.2, 0.25) is 5.02 Å². The minimum Gasteiger partial charge on any atom is -0.306 e. The molecule has 20 heavy (non-hydrogen) atoms. The van der Waals surface area contributed by atoms with Crippen molar-refractivity contribution in [2.24, 2.45) is 0 Å². The summed E-state index contributed by atoms with van der Waals surface area (Å²) in [4.78, 5) is 0. The van der Waals surface area contributed by atoms with E-state index in [1.165, 1.54) is 9.64 Å². The van der Waals surface area contributed by atoms with Gasteiger partial charge in [0.25, 0.3) is 0 Å². The molecule has 1 atom stereocenters. The van der Waals surface area contributed by atoms with Crippen LogP contribution in [0.3, 0.4) is 0 Å². The zero-order valence-electron chi connectivity index (χ0n) is 11.4. The molecule has 0 aliphatic rings. The molecule has 0 saturated heterocycles. The quantitative estimate of drug-likeness (QED) is 0.701. The number of benzene rings is 2. The first-order chi connectivity index (χ1) is 9.52. The Balaban J connectivity index is 2.48. The molecule has 0 fully saturated rings. The van der Waals surface area contributed by atoms with Crippen molar-refractivity contribution in [1.29, 1.82) is 0 Å². The standard InChI is InChI=1S/C16H16ClFIN/c1-3-20-16(11-4-6-12(19)7-5-11)13-8-10(2)15(18)9-14(13)17/h4-9,16,20H,3H2,1-2H3. The molecular formula is C16H16ClFIN. The van der Waals surface area contributed by atoms with Crippen molar-refractivity contribution < 1.29 is 4.39 Å². The van der Waals surface area contributed by atoms with Gasteiger partial charge < -0.3 is 5.32 Å². The summed E-state index contributed by atoms with van der Waals surface area (Å²) in [7, 11) is 0. The molecule has 0 aromatic heterocycles. The lowest BCUT2D eigenvalue weighted by Crippen LogP contribution is -2.22. The third kappa shape index (κ3) is 3.51. The third-order valence-electron chi connectivity index (χ3n) is 3.20. The van der Waals surface area contributed by atoms with E-state index in [-0.39, 0.29) is 11.9 Å². The smallest absolute Gasteiger partial charge is 0.127 e. The fraction of sp³-hybridized carbons (Fsp3) is 0.250. The van der Waals surface area contributed by atoms with Gasteiger partial charge >= 0.3 is 0 Å². The molecule has 1 unspecified atom stereocenters. The summed E-state index contributed by atoms with van der Waals surface area (Å²) in [5, 5.41) is 3.87. The second-order valence-electron chi connectivity index (χ2n) is 4.67. The number of hydrogen-bond donors (Lipinski definition) is 1. The minimum atomic E-state index is -0.267. The zero-order chi connectivity index (χ0) is 14.7. The van der Waals surface area contributed by atoms with Crippen LogP contribution in [-0.4, -0.2) is 6.54 Å². The van der Waals surface area contributed by atoms with Crippen LogP contribution in [0.5, 0.6) is 0 Å². The number of halogens is 3. The highest BCUT2D eigenvalue weighted by molar-refractivity contribution is 14.1. The van der Waals surface area contributed by atoms with Gasteiger partial charge in [0.1, 0.15) is 5.82 Å². The lowest BCUT2D eigenvalue weighted by Gasteiger charge is -2.21. The van der Waals surface area contributed by atoms with Crippen molar-refractivity contribution in [3.8, 4) is 0 Å². The molecular weight excluding hydrogens is 388 g/mol. The van der Waals surface area contributed by atoms with Gasteiger partial charge in [-0.05, 0) is 77.0 Å². The molecule has 2 aromatic rings. The van der Waals surface area contributed by atoms with E-state index in [4.69, 9.17) is 11.6 Å². The highest BCUT2D eigenvalue weighted by Crippen LogP contribution is 2.30. The summed E-state index contributed by atoms with van der Waals surface area (Å²) in [6.07, 6.45) is 0. The monoisotopic (exact) mass is 403 g/mol. The van der Waals surface area contributed by atoms with E-state index < -0.39 is 0 Å². The van der Waals surface area contributed by atoms with E-state index in [1.807, 2.05) is 13.0 Å². The second-order valence-corrected chi connectivity index (χ2v) is 6.32. The van der Waals surface area contributed by atoms with Crippen LogP contribution in [-0.2, 0) is 0 Å². The molecule has 106 valence electrons. The van der Waals surface area contributed by atoms with Crippen LogP contribution in [0, 0.1) is 16.3 Å². The predicted molar refractivity (Wildman–Crippen MR) is 90.8 cm³/mol. The minimum absolute atomic E-state index is 0.0243. The van der Waals surface area contributed by atoms with Crippen LogP contribution in [0.4, 0.5) is 4.39 Å². The summed E-state index contributed by atoms with van der Waals surface area (Å²) in [6.45, 7) is 4.61. The number of hydrogen-bond acceptors (Lipinski definition) is 1. The van der Waals surface area contributed by atoms with E-state index >= 15 is 0 Å². The van der Waals surface area contributed by atoms with Crippen molar-refractivity contribution in [3.05, 3.63) is 67.5 Å². The van der Waals surface area contributed by atoms with Crippen LogP contribution >= 0.6 is 34.2 Å². The Hall–Kier alpha value is -0.650. The number of rotatable bonds is 4. The topological polar surface area (TPSA) is 12.0 Å². The summed E-state index contributed by atoms with van der Waals surface area (Å²) in [5.74, 6) is -0.267. The molecule has 1 N–H and O–H groups in total. The Morgan fingerprint density at radius 3 is 2.50 bits per heavy atom. The highest BCUT2D eigenvalue weighted by atomic mass is 127. The van der Waals surface area contributed by atoms with Crippen LogP contribution in [0.15, 0.2) is 36.4 Å². The SMILES string of the molecule is CCNC(c1ccc(I)cc1)c1cc(C)c(F)cc1Cl. The lowest BCUT2D eigenvalue weighted by molar-refractivity contribution is 0.606. The number of nitrogens with one attached hydrogen (secondary N) is 1. The Morgan fingerprint density at radius 2 is 1.90 bits per heavy atom. The third-order valence-corrected chi connectivity index (χ3v) is 4.25. The lowest BCUT2D eigenvalue weighted by atomic mass is 9.97. The second kappa shape index (κ2) is 6.87. The van der Waals surface area contributed by atoms with Crippen LogP contribution in [0.1, 0.15) is 29.7 Å². The van der Waals surface area contributed by atoms with Gasteiger partial charge in [0.15, 0.2) is 0 Å². The van der Waals surface area contributed by atoms with Gasteiger partial charge in [0.2, 0.25) is 0 Å². The molecule has 0 spiro atoms.